The molecule has 0 saturated carbocycles. The molecule has 5 heteroatoms. The van der Waals surface area contributed by atoms with Gasteiger partial charge in [0.2, 0.25) is 0 Å². The smallest absolute Gasteiger partial charge is 0.313 e. The lowest BCUT2D eigenvalue weighted by Gasteiger charge is -2.25. The van der Waals surface area contributed by atoms with E-state index in [1.807, 2.05) is 0 Å². The molecule has 1 aliphatic rings. The van der Waals surface area contributed by atoms with Crippen molar-refractivity contribution in [2.24, 2.45) is 11.7 Å². The quantitative estimate of drug-likeness (QED) is 0.406. The standard InChI is InChI=1S/C11H21NO4/c1-11(2,3)16-10(14)8(9(12)13)5-4-7-6-15-7/h7-9,13H,4-6,12H2,1-3H3. The van der Waals surface area contributed by atoms with Gasteiger partial charge in [0.1, 0.15) is 11.8 Å². The zero-order valence-corrected chi connectivity index (χ0v) is 10.1. The Hall–Kier alpha value is -0.650. The van der Waals surface area contributed by atoms with E-state index in [2.05, 4.69) is 0 Å². The van der Waals surface area contributed by atoms with Gasteiger partial charge in [-0.05, 0) is 33.6 Å². The molecule has 1 rings (SSSR count). The summed E-state index contributed by atoms with van der Waals surface area (Å²) in [6, 6.07) is 0. The number of nitrogens with two attached hydrogens (primary N) is 1. The third-order valence-electron chi connectivity index (χ3n) is 2.32. The van der Waals surface area contributed by atoms with Crippen LogP contribution in [0, 0.1) is 5.92 Å². The second kappa shape index (κ2) is 5.12. The van der Waals surface area contributed by atoms with E-state index in [0.29, 0.717) is 6.42 Å². The van der Waals surface area contributed by atoms with Crippen molar-refractivity contribution < 1.29 is 19.4 Å². The van der Waals surface area contributed by atoms with Crippen LogP contribution in [0.15, 0.2) is 0 Å². The number of epoxide rings is 1. The first kappa shape index (κ1) is 13.4. The molecule has 0 aromatic heterocycles. The SMILES string of the molecule is CC(C)(C)OC(=O)C(CCC1CO1)C(N)O. The van der Waals surface area contributed by atoms with Gasteiger partial charge >= 0.3 is 5.97 Å². The summed E-state index contributed by atoms with van der Waals surface area (Å²) >= 11 is 0. The molecular formula is C11H21NO4. The van der Waals surface area contributed by atoms with Gasteiger partial charge in [0.15, 0.2) is 0 Å². The summed E-state index contributed by atoms with van der Waals surface area (Å²) in [6.07, 6.45) is 0.285. The van der Waals surface area contributed by atoms with Crippen molar-refractivity contribution in [3.05, 3.63) is 0 Å². The van der Waals surface area contributed by atoms with Gasteiger partial charge in [0, 0.05) is 0 Å². The van der Waals surface area contributed by atoms with E-state index >= 15 is 0 Å². The van der Waals surface area contributed by atoms with Gasteiger partial charge in [-0.25, -0.2) is 0 Å². The summed E-state index contributed by atoms with van der Waals surface area (Å²) in [4.78, 5) is 11.7. The first-order valence-corrected chi connectivity index (χ1v) is 5.58. The maximum atomic E-state index is 11.7. The highest BCUT2D eigenvalue weighted by atomic mass is 16.6. The zero-order chi connectivity index (χ0) is 12.3. The largest absolute Gasteiger partial charge is 0.460 e. The van der Waals surface area contributed by atoms with Gasteiger partial charge in [-0.3, -0.25) is 4.79 Å². The van der Waals surface area contributed by atoms with Crippen LogP contribution in [-0.4, -0.2) is 35.6 Å². The average Bonchev–Trinajstić information content (AvgIpc) is 2.83. The third kappa shape index (κ3) is 4.92. The minimum atomic E-state index is -1.17. The molecule has 1 aliphatic heterocycles. The van der Waals surface area contributed by atoms with Crippen molar-refractivity contribution in [1.29, 1.82) is 0 Å². The first-order chi connectivity index (χ1) is 7.29. The molecule has 3 N–H and O–H groups in total. The maximum absolute atomic E-state index is 11.7. The number of rotatable bonds is 5. The summed E-state index contributed by atoms with van der Waals surface area (Å²) in [5.41, 5.74) is 4.82. The summed E-state index contributed by atoms with van der Waals surface area (Å²) < 4.78 is 10.2. The molecule has 1 heterocycles. The van der Waals surface area contributed by atoms with Crippen LogP contribution >= 0.6 is 0 Å². The van der Waals surface area contributed by atoms with E-state index in [0.717, 1.165) is 13.0 Å². The van der Waals surface area contributed by atoms with Crippen molar-refractivity contribution >= 4 is 5.97 Å². The number of carbonyl (C=O) groups is 1. The molecule has 0 aromatic carbocycles. The molecule has 1 saturated heterocycles. The Morgan fingerprint density at radius 2 is 2.19 bits per heavy atom. The molecule has 5 nitrogen and oxygen atoms in total. The normalized spacial score (nSPS) is 23.7. The molecule has 1 fully saturated rings. The Bertz CT molecular complexity index is 243. The number of carbonyl (C=O) groups excluding carboxylic acids is 1. The number of aliphatic hydroxyl groups excluding tert-OH is 1. The van der Waals surface area contributed by atoms with E-state index in [1.165, 1.54) is 0 Å². The van der Waals surface area contributed by atoms with Gasteiger partial charge in [-0.1, -0.05) is 0 Å². The number of aliphatic hydroxyl groups is 1. The summed E-state index contributed by atoms with van der Waals surface area (Å²) in [5.74, 6) is -1.11. The number of ether oxygens (including phenoxy) is 2. The van der Waals surface area contributed by atoms with Crippen LogP contribution < -0.4 is 5.73 Å². The van der Waals surface area contributed by atoms with E-state index in [-0.39, 0.29) is 6.10 Å². The molecule has 0 bridgehead atoms. The number of hydrogen-bond donors (Lipinski definition) is 2. The van der Waals surface area contributed by atoms with Gasteiger partial charge in [-0.2, -0.15) is 0 Å². The lowest BCUT2D eigenvalue weighted by molar-refractivity contribution is -0.164. The van der Waals surface area contributed by atoms with Crippen LogP contribution in [-0.2, 0) is 14.3 Å². The van der Waals surface area contributed by atoms with Crippen LogP contribution in [0.5, 0.6) is 0 Å². The Kier molecular flexibility index (Phi) is 4.29. The van der Waals surface area contributed by atoms with E-state index in [4.69, 9.17) is 15.2 Å². The van der Waals surface area contributed by atoms with Crippen LogP contribution in [0.4, 0.5) is 0 Å². The van der Waals surface area contributed by atoms with Gasteiger partial charge < -0.3 is 20.3 Å². The zero-order valence-electron chi connectivity index (χ0n) is 10.1. The van der Waals surface area contributed by atoms with Gasteiger partial charge in [0.25, 0.3) is 0 Å². The summed E-state index contributed by atoms with van der Waals surface area (Å²) in [6.45, 7) is 6.10. The fraction of sp³-hybridized carbons (Fsp3) is 0.909. The van der Waals surface area contributed by atoms with Crippen molar-refractivity contribution in [1.82, 2.24) is 0 Å². The Morgan fingerprint density at radius 1 is 1.62 bits per heavy atom. The Morgan fingerprint density at radius 3 is 2.56 bits per heavy atom. The summed E-state index contributed by atoms with van der Waals surface area (Å²) in [5, 5.41) is 9.35. The van der Waals surface area contributed by atoms with Crippen molar-refractivity contribution in [2.75, 3.05) is 6.61 Å². The van der Waals surface area contributed by atoms with Gasteiger partial charge in [0.05, 0.1) is 18.6 Å². The molecule has 0 amide bonds. The van der Waals surface area contributed by atoms with Crippen LogP contribution in [0.3, 0.4) is 0 Å². The highest BCUT2D eigenvalue weighted by molar-refractivity contribution is 5.73. The van der Waals surface area contributed by atoms with E-state index in [9.17, 15) is 9.90 Å². The fourth-order valence-corrected chi connectivity index (χ4v) is 1.41. The number of esters is 1. The van der Waals surface area contributed by atoms with Gasteiger partial charge in [-0.15, -0.1) is 0 Å². The van der Waals surface area contributed by atoms with Crippen molar-refractivity contribution in [2.45, 2.75) is 51.5 Å². The highest BCUT2D eigenvalue weighted by Gasteiger charge is 2.32. The van der Waals surface area contributed by atoms with E-state index < -0.39 is 23.7 Å². The first-order valence-electron chi connectivity index (χ1n) is 5.58. The lowest BCUT2D eigenvalue weighted by atomic mass is 10.00. The molecule has 94 valence electrons. The molecule has 0 spiro atoms. The second-order valence-corrected chi connectivity index (χ2v) is 5.16. The maximum Gasteiger partial charge on any atom is 0.313 e. The van der Waals surface area contributed by atoms with E-state index in [1.54, 1.807) is 20.8 Å². The minimum Gasteiger partial charge on any atom is -0.460 e. The Labute approximate surface area is 95.9 Å². The van der Waals surface area contributed by atoms with Crippen LogP contribution in [0.1, 0.15) is 33.6 Å². The highest BCUT2D eigenvalue weighted by Crippen LogP contribution is 2.22. The minimum absolute atomic E-state index is 0.226. The topological polar surface area (TPSA) is 85.1 Å². The average molecular weight is 231 g/mol. The third-order valence-corrected chi connectivity index (χ3v) is 2.32. The monoisotopic (exact) mass is 231 g/mol. The summed E-state index contributed by atoms with van der Waals surface area (Å²) in [7, 11) is 0. The molecule has 3 atom stereocenters. The predicted octanol–water partition coefficient (Wildman–Crippen LogP) is 0.400. The molecule has 16 heavy (non-hydrogen) atoms. The van der Waals surface area contributed by atoms with Crippen molar-refractivity contribution in [3.8, 4) is 0 Å². The fourth-order valence-electron chi connectivity index (χ4n) is 1.41. The lowest BCUT2D eigenvalue weighted by Crippen LogP contribution is -2.39. The predicted molar refractivity (Wildman–Crippen MR) is 58.5 cm³/mol. The van der Waals surface area contributed by atoms with Crippen LogP contribution in [0.25, 0.3) is 0 Å². The molecule has 3 unspecified atom stereocenters. The Balaban J connectivity index is 2.43. The molecular weight excluding hydrogens is 210 g/mol. The second-order valence-electron chi connectivity index (χ2n) is 5.16. The molecule has 0 aliphatic carbocycles. The molecule has 0 aromatic rings. The van der Waals surface area contributed by atoms with Crippen LogP contribution in [0.2, 0.25) is 0 Å². The molecule has 0 radical (unpaired) electrons. The van der Waals surface area contributed by atoms with Crippen molar-refractivity contribution in [3.63, 3.8) is 0 Å². The number of hydrogen-bond acceptors (Lipinski definition) is 5.